The van der Waals surface area contributed by atoms with Crippen LogP contribution in [0, 0.1) is 12.7 Å². The molecule has 1 aromatic heterocycles. The van der Waals surface area contributed by atoms with Crippen LogP contribution in [0.1, 0.15) is 23.0 Å². The van der Waals surface area contributed by atoms with Gasteiger partial charge in [0.05, 0.1) is 11.3 Å². The molecule has 17 heavy (non-hydrogen) atoms. The van der Waals surface area contributed by atoms with Crippen LogP contribution in [-0.2, 0) is 0 Å². The van der Waals surface area contributed by atoms with Crippen molar-refractivity contribution in [1.29, 1.82) is 0 Å². The van der Waals surface area contributed by atoms with Crippen LogP contribution in [0.25, 0.3) is 0 Å². The Kier molecular flexibility index (Phi) is 3.56. The minimum absolute atomic E-state index is 0.0392. The van der Waals surface area contributed by atoms with Crippen molar-refractivity contribution in [2.24, 2.45) is 0 Å². The minimum atomic E-state index is -1.08. The predicted molar refractivity (Wildman–Crippen MR) is 66.6 cm³/mol. The van der Waals surface area contributed by atoms with E-state index in [9.17, 15) is 9.50 Å². The van der Waals surface area contributed by atoms with Crippen molar-refractivity contribution in [3.05, 3.63) is 56.7 Å². The number of furan rings is 1. The van der Waals surface area contributed by atoms with Crippen molar-refractivity contribution < 1.29 is 13.9 Å². The van der Waals surface area contributed by atoms with E-state index in [1.807, 2.05) is 0 Å². The fraction of sp³-hybridized carbons (Fsp3) is 0.167. The van der Waals surface area contributed by atoms with E-state index in [-0.39, 0.29) is 10.6 Å². The second-order valence-corrected chi connectivity index (χ2v) is 4.83. The molecule has 2 nitrogen and oxygen atoms in total. The first-order valence-electron chi connectivity index (χ1n) is 4.88. The van der Waals surface area contributed by atoms with E-state index in [2.05, 4.69) is 15.9 Å². The van der Waals surface area contributed by atoms with Gasteiger partial charge in [0, 0.05) is 15.6 Å². The molecule has 90 valence electrons. The Balaban J connectivity index is 2.48. The summed E-state index contributed by atoms with van der Waals surface area (Å²) in [7, 11) is 0. The van der Waals surface area contributed by atoms with E-state index in [1.165, 1.54) is 12.3 Å². The molecular weight excluding hydrogens is 310 g/mol. The maximum atomic E-state index is 13.9. The van der Waals surface area contributed by atoms with E-state index in [4.69, 9.17) is 16.0 Å². The molecule has 5 heteroatoms. The molecule has 2 aromatic rings. The second-order valence-electron chi connectivity index (χ2n) is 3.60. The first kappa shape index (κ1) is 12.6. The fourth-order valence-electron chi connectivity index (χ4n) is 1.60. The van der Waals surface area contributed by atoms with Crippen LogP contribution >= 0.6 is 27.5 Å². The number of aliphatic hydroxyl groups excluding tert-OH is 1. The van der Waals surface area contributed by atoms with Crippen LogP contribution in [0.3, 0.4) is 0 Å². The van der Waals surface area contributed by atoms with Crippen molar-refractivity contribution in [3.8, 4) is 0 Å². The third-order valence-electron chi connectivity index (χ3n) is 2.55. The summed E-state index contributed by atoms with van der Waals surface area (Å²) in [5.74, 6) is -0.0786. The zero-order valence-electron chi connectivity index (χ0n) is 8.88. The molecule has 0 saturated heterocycles. The molecule has 1 aromatic carbocycles. The third kappa shape index (κ3) is 2.25. The quantitative estimate of drug-likeness (QED) is 0.841. The molecule has 0 fully saturated rings. The molecule has 1 atom stereocenters. The average molecular weight is 320 g/mol. The lowest BCUT2D eigenvalue weighted by Gasteiger charge is -2.12. The van der Waals surface area contributed by atoms with Crippen molar-refractivity contribution in [1.82, 2.24) is 0 Å². The second kappa shape index (κ2) is 4.80. The zero-order valence-corrected chi connectivity index (χ0v) is 11.2. The monoisotopic (exact) mass is 318 g/mol. The lowest BCUT2D eigenvalue weighted by molar-refractivity contribution is 0.212. The standard InChI is InChI=1S/C12H9BrClFO2/c1-6-7(4-5-17-6)12(16)8-2-3-9(13)10(14)11(8)15/h2-5,12,16H,1H3. The molecule has 0 amide bonds. The van der Waals surface area contributed by atoms with Gasteiger partial charge in [0.2, 0.25) is 0 Å². The van der Waals surface area contributed by atoms with Gasteiger partial charge < -0.3 is 9.52 Å². The SMILES string of the molecule is Cc1occc1C(O)c1ccc(Br)c(Cl)c1F. The summed E-state index contributed by atoms with van der Waals surface area (Å²) in [5, 5.41) is 10.0. The van der Waals surface area contributed by atoms with Gasteiger partial charge in [-0.2, -0.15) is 0 Å². The van der Waals surface area contributed by atoms with Gasteiger partial charge in [-0.25, -0.2) is 4.39 Å². The topological polar surface area (TPSA) is 33.4 Å². The number of aliphatic hydroxyl groups is 1. The van der Waals surface area contributed by atoms with Crippen LogP contribution in [0.5, 0.6) is 0 Å². The number of hydrogen-bond acceptors (Lipinski definition) is 2. The van der Waals surface area contributed by atoms with Gasteiger partial charge in [0.15, 0.2) is 0 Å². The Morgan fingerprint density at radius 2 is 2.06 bits per heavy atom. The van der Waals surface area contributed by atoms with Gasteiger partial charge in [0.1, 0.15) is 17.7 Å². The highest BCUT2D eigenvalue weighted by Gasteiger charge is 2.21. The molecule has 1 heterocycles. The fourth-order valence-corrected chi connectivity index (χ4v) is 2.08. The van der Waals surface area contributed by atoms with E-state index in [1.54, 1.807) is 19.1 Å². The van der Waals surface area contributed by atoms with Crippen molar-refractivity contribution in [2.75, 3.05) is 0 Å². The van der Waals surface area contributed by atoms with Crippen molar-refractivity contribution >= 4 is 27.5 Å². The molecule has 0 aliphatic heterocycles. The molecule has 0 bridgehead atoms. The molecule has 0 radical (unpaired) electrons. The predicted octanol–water partition coefficient (Wildman–Crippen LogP) is 4.22. The molecule has 2 rings (SSSR count). The maximum Gasteiger partial charge on any atom is 0.149 e. The molecule has 0 aliphatic rings. The summed E-state index contributed by atoms with van der Waals surface area (Å²) in [6, 6.07) is 4.69. The van der Waals surface area contributed by atoms with Crippen LogP contribution < -0.4 is 0 Å². The van der Waals surface area contributed by atoms with Crippen LogP contribution in [0.4, 0.5) is 4.39 Å². The number of hydrogen-bond donors (Lipinski definition) is 1. The number of aryl methyl sites for hydroxylation is 1. The van der Waals surface area contributed by atoms with Crippen LogP contribution in [-0.4, -0.2) is 5.11 Å². The molecule has 1 N–H and O–H groups in total. The van der Waals surface area contributed by atoms with E-state index < -0.39 is 11.9 Å². The first-order valence-corrected chi connectivity index (χ1v) is 6.05. The summed E-state index contributed by atoms with van der Waals surface area (Å²) >= 11 is 8.89. The Bertz CT molecular complexity index is 553. The summed E-state index contributed by atoms with van der Waals surface area (Å²) in [5.41, 5.74) is 0.657. The van der Waals surface area contributed by atoms with E-state index in [0.717, 1.165) is 0 Å². The Morgan fingerprint density at radius 3 is 2.65 bits per heavy atom. The zero-order chi connectivity index (χ0) is 12.6. The Morgan fingerprint density at radius 1 is 1.35 bits per heavy atom. The molecule has 0 aliphatic carbocycles. The number of benzene rings is 1. The third-order valence-corrected chi connectivity index (χ3v) is 3.81. The lowest BCUT2D eigenvalue weighted by Crippen LogP contribution is -2.03. The number of halogens is 3. The van der Waals surface area contributed by atoms with Gasteiger partial charge in [0.25, 0.3) is 0 Å². The minimum Gasteiger partial charge on any atom is -0.469 e. The van der Waals surface area contributed by atoms with Gasteiger partial charge in [-0.15, -0.1) is 0 Å². The van der Waals surface area contributed by atoms with Gasteiger partial charge in [-0.1, -0.05) is 17.7 Å². The van der Waals surface area contributed by atoms with Crippen LogP contribution in [0.15, 0.2) is 33.4 Å². The van der Waals surface area contributed by atoms with E-state index in [0.29, 0.717) is 15.8 Å². The van der Waals surface area contributed by atoms with Crippen LogP contribution in [0.2, 0.25) is 5.02 Å². The molecular formula is C12H9BrClFO2. The Hall–Kier alpha value is -0.840. The van der Waals surface area contributed by atoms with Gasteiger partial charge in [-0.05, 0) is 35.0 Å². The normalized spacial score (nSPS) is 12.8. The first-order chi connectivity index (χ1) is 8.02. The number of rotatable bonds is 2. The Labute approximate surface area is 111 Å². The molecule has 0 saturated carbocycles. The summed E-state index contributed by atoms with van der Waals surface area (Å²) in [6.07, 6.45) is 0.367. The molecule has 1 unspecified atom stereocenters. The largest absolute Gasteiger partial charge is 0.469 e. The lowest BCUT2D eigenvalue weighted by atomic mass is 10.0. The summed E-state index contributed by atoms with van der Waals surface area (Å²) in [6.45, 7) is 1.71. The van der Waals surface area contributed by atoms with Crippen molar-refractivity contribution in [2.45, 2.75) is 13.0 Å². The smallest absolute Gasteiger partial charge is 0.149 e. The maximum absolute atomic E-state index is 13.9. The van der Waals surface area contributed by atoms with E-state index >= 15 is 0 Å². The van der Waals surface area contributed by atoms with Gasteiger partial charge >= 0.3 is 0 Å². The van der Waals surface area contributed by atoms with Gasteiger partial charge in [-0.3, -0.25) is 0 Å². The highest BCUT2D eigenvalue weighted by molar-refractivity contribution is 9.10. The average Bonchev–Trinajstić information content (AvgIpc) is 2.72. The highest BCUT2D eigenvalue weighted by atomic mass is 79.9. The summed E-state index contributed by atoms with van der Waals surface area (Å²) < 4.78 is 19.4. The van der Waals surface area contributed by atoms with Crippen molar-refractivity contribution in [3.63, 3.8) is 0 Å². The highest BCUT2D eigenvalue weighted by Crippen LogP contribution is 2.33. The molecule has 0 spiro atoms. The summed E-state index contributed by atoms with van der Waals surface area (Å²) in [4.78, 5) is 0.